The molecule has 1 aliphatic carbocycles. The largest absolute Gasteiger partial charge is 0.472 e. The van der Waals surface area contributed by atoms with Crippen molar-refractivity contribution in [2.75, 3.05) is 0 Å². The van der Waals surface area contributed by atoms with Crippen LogP contribution >= 0.6 is 11.6 Å². The lowest BCUT2D eigenvalue weighted by Gasteiger charge is -2.25. The first-order valence-corrected chi connectivity index (χ1v) is 5.28. The van der Waals surface area contributed by atoms with Gasteiger partial charge in [0.2, 0.25) is 10.9 Å². The molecule has 0 aliphatic heterocycles. The highest BCUT2D eigenvalue weighted by molar-refractivity contribution is 6.28. The van der Waals surface area contributed by atoms with Crippen molar-refractivity contribution >= 4 is 22.7 Å². The Morgan fingerprint density at radius 3 is 3.00 bits per heavy atom. The molecular formula is C10H9ClN2O2. The zero-order valence-electron chi connectivity index (χ0n) is 7.94. The number of fused-ring (bicyclic) bond motifs is 1. The Labute approximate surface area is 91.2 Å². The van der Waals surface area contributed by atoms with Crippen LogP contribution in [0.15, 0.2) is 16.7 Å². The van der Waals surface area contributed by atoms with Crippen LogP contribution in [0.2, 0.25) is 5.28 Å². The Balaban J connectivity index is 2.02. The average molecular weight is 225 g/mol. The topological polar surface area (TPSA) is 48.2 Å². The Morgan fingerprint density at radius 1 is 1.40 bits per heavy atom. The van der Waals surface area contributed by atoms with Crippen LogP contribution in [-0.4, -0.2) is 16.1 Å². The molecule has 1 fully saturated rings. The van der Waals surface area contributed by atoms with E-state index in [0.29, 0.717) is 17.0 Å². The third kappa shape index (κ3) is 1.55. The molecule has 2 heterocycles. The first-order valence-electron chi connectivity index (χ1n) is 4.90. The first-order chi connectivity index (χ1) is 7.33. The minimum atomic E-state index is 0.193. The summed E-state index contributed by atoms with van der Waals surface area (Å²) < 4.78 is 10.9. The van der Waals surface area contributed by atoms with Gasteiger partial charge in [-0.25, -0.2) is 4.98 Å². The summed E-state index contributed by atoms with van der Waals surface area (Å²) in [5.41, 5.74) is 1.26. The second-order valence-corrected chi connectivity index (χ2v) is 3.94. The fraction of sp³-hybridized carbons (Fsp3) is 0.400. The van der Waals surface area contributed by atoms with Gasteiger partial charge in [-0.15, -0.1) is 0 Å². The molecule has 0 aromatic carbocycles. The van der Waals surface area contributed by atoms with E-state index >= 15 is 0 Å². The van der Waals surface area contributed by atoms with Gasteiger partial charge in [0.05, 0.1) is 6.26 Å². The summed E-state index contributed by atoms with van der Waals surface area (Å²) >= 11 is 5.78. The summed E-state index contributed by atoms with van der Waals surface area (Å²) in [4.78, 5) is 8.06. The molecule has 0 atom stereocenters. The highest BCUT2D eigenvalue weighted by Crippen LogP contribution is 2.30. The molecule has 0 radical (unpaired) electrons. The average Bonchev–Trinajstić information content (AvgIpc) is 2.58. The number of hydrogen-bond acceptors (Lipinski definition) is 4. The van der Waals surface area contributed by atoms with E-state index in [2.05, 4.69) is 9.97 Å². The van der Waals surface area contributed by atoms with Crippen LogP contribution in [0, 0.1) is 0 Å². The predicted octanol–water partition coefficient (Wildman–Crippen LogP) is 2.81. The molecule has 5 heteroatoms. The van der Waals surface area contributed by atoms with Crippen molar-refractivity contribution in [1.82, 2.24) is 9.97 Å². The quantitative estimate of drug-likeness (QED) is 0.736. The fourth-order valence-electron chi connectivity index (χ4n) is 1.54. The van der Waals surface area contributed by atoms with Crippen molar-refractivity contribution in [2.24, 2.45) is 0 Å². The zero-order valence-corrected chi connectivity index (χ0v) is 8.70. The molecule has 0 saturated heterocycles. The number of ether oxygens (including phenoxy) is 1. The van der Waals surface area contributed by atoms with Crippen LogP contribution in [0.25, 0.3) is 11.1 Å². The smallest absolute Gasteiger partial charge is 0.263 e. The zero-order chi connectivity index (χ0) is 10.3. The second kappa shape index (κ2) is 3.38. The van der Waals surface area contributed by atoms with Crippen LogP contribution in [0.1, 0.15) is 19.3 Å². The Morgan fingerprint density at radius 2 is 2.27 bits per heavy atom. The van der Waals surface area contributed by atoms with Crippen LogP contribution < -0.4 is 4.74 Å². The molecule has 0 unspecified atom stereocenters. The highest BCUT2D eigenvalue weighted by Gasteiger charge is 2.22. The lowest BCUT2D eigenvalue weighted by molar-refractivity contribution is 0.115. The second-order valence-electron chi connectivity index (χ2n) is 3.60. The summed E-state index contributed by atoms with van der Waals surface area (Å²) in [7, 11) is 0. The van der Waals surface area contributed by atoms with Gasteiger partial charge in [0.15, 0.2) is 0 Å². The van der Waals surface area contributed by atoms with Crippen LogP contribution in [0.4, 0.5) is 0 Å². The van der Waals surface area contributed by atoms with Crippen molar-refractivity contribution in [2.45, 2.75) is 25.4 Å². The van der Waals surface area contributed by atoms with Gasteiger partial charge in [-0.05, 0) is 30.9 Å². The number of aromatic nitrogens is 2. The summed E-state index contributed by atoms with van der Waals surface area (Å²) in [6, 6.07) is 1.75. The molecule has 1 aliphatic rings. The van der Waals surface area contributed by atoms with E-state index in [1.54, 1.807) is 12.3 Å². The fourth-order valence-corrected chi connectivity index (χ4v) is 1.70. The third-order valence-corrected chi connectivity index (χ3v) is 2.74. The molecule has 0 amide bonds. The van der Waals surface area contributed by atoms with Crippen molar-refractivity contribution in [1.29, 1.82) is 0 Å². The summed E-state index contributed by atoms with van der Waals surface area (Å²) in [5.74, 6) is 0.458. The van der Waals surface area contributed by atoms with Crippen LogP contribution in [0.5, 0.6) is 5.88 Å². The normalized spacial score (nSPS) is 16.6. The van der Waals surface area contributed by atoms with Gasteiger partial charge < -0.3 is 9.15 Å². The SMILES string of the molecule is Clc1nc(OC2CCC2)c2occc2n1. The first kappa shape index (κ1) is 8.97. The van der Waals surface area contributed by atoms with Crippen molar-refractivity contribution in [3.63, 3.8) is 0 Å². The van der Waals surface area contributed by atoms with Gasteiger partial charge in [-0.2, -0.15) is 4.98 Å². The molecule has 2 aromatic rings. The van der Waals surface area contributed by atoms with Crippen molar-refractivity contribution in [3.8, 4) is 5.88 Å². The molecule has 0 N–H and O–H groups in total. The lowest BCUT2D eigenvalue weighted by atomic mass is 9.96. The number of nitrogens with zero attached hydrogens (tertiary/aromatic N) is 2. The van der Waals surface area contributed by atoms with Gasteiger partial charge in [0, 0.05) is 6.07 Å². The number of furan rings is 1. The molecule has 78 valence electrons. The molecule has 15 heavy (non-hydrogen) atoms. The third-order valence-electron chi connectivity index (χ3n) is 2.58. The lowest BCUT2D eigenvalue weighted by Crippen LogP contribution is -2.25. The van der Waals surface area contributed by atoms with Crippen LogP contribution in [0.3, 0.4) is 0 Å². The Kier molecular flexibility index (Phi) is 2.02. The van der Waals surface area contributed by atoms with E-state index in [4.69, 9.17) is 20.8 Å². The maximum atomic E-state index is 5.78. The van der Waals surface area contributed by atoms with E-state index < -0.39 is 0 Å². The van der Waals surface area contributed by atoms with E-state index in [1.165, 1.54) is 6.42 Å². The molecule has 0 spiro atoms. The molecular weight excluding hydrogens is 216 g/mol. The van der Waals surface area contributed by atoms with E-state index in [9.17, 15) is 0 Å². The summed E-state index contributed by atoms with van der Waals surface area (Å²) in [5, 5.41) is 0.193. The van der Waals surface area contributed by atoms with Gasteiger partial charge in [0.1, 0.15) is 11.6 Å². The predicted molar refractivity (Wildman–Crippen MR) is 55.1 cm³/mol. The minimum absolute atomic E-state index is 0.193. The maximum Gasteiger partial charge on any atom is 0.263 e. The number of hydrogen-bond donors (Lipinski definition) is 0. The molecule has 3 rings (SSSR count). The van der Waals surface area contributed by atoms with Gasteiger partial charge in [-0.1, -0.05) is 0 Å². The number of rotatable bonds is 2. The standard InChI is InChI=1S/C10H9ClN2O2/c11-10-12-7-4-5-14-8(7)9(13-10)15-6-2-1-3-6/h4-6H,1-3H2. The molecule has 1 saturated carbocycles. The number of halogens is 1. The van der Waals surface area contributed by atoms with Gasteiger partial charge in [-0.3, -0.25) is 0 Å². The summed E-state index contributed by atoms with van der Waals surface area (Å²) in [6.45, 7) is 0. The minimum Gasteiger partial charge on any atom is -0.472 e. The molecule has 2 aromatic heterocycles. The molecule has 0 bridgehead atoms. The van der Waals surface area contributed by atoms with Crippen molar-refractivity contribution in [3.05, 3.63) is 17.6 Å². The van der Waals surface area contributed by atoms with E-state index in [1.807, 2.05) is 0 Å². The van der Waals surface area contributed by atoms with E-state index in [0.717, 1.165) is 12.8 Å². The summed E-state index contributed by atoms with van der Waals surface area (Å²) in [6.07, 6.45) is 5.17. The van der Waals surface area contributed by atoms with Gasteiger partial charge in [0.25, 0.3) is 5.88 Å². The highest BCUT2D eigenvalue weighted by atomic mass is 35.5. The van der Waals surface area contributed by atoms with Gasteiger partial charge >= 0.3 is 0 Å². The van der Waals surface area contributed by atoms with E-state index in [-0.39, 0.29) is 11.4 Å². The Hall–Kier alpha value is -1.29. The molecule has 4 nitrogen and oxygen atoms in total. The Bertz CT molecular complexity index is 493. The van der Waals surface area contributed by atoms with Crippen molar-refractivity contribution < 1.29 is 9.15 Å². The maximum absolute atomic E-state index is 5.78. The monoisotopic (exact) mass is 224 g/mol. The van der Waals surface area contributed by atoms with Crippen LogP contribution in [-0.2, 0) is 0 Å².